The molecule has 1 aliphatic rings. The molecule has 0 bridgehead atoms. The normalized spacial score (nSPS) is 14.4. The van der Waals surface area contributed by atoms with E-state index in [1.807, 2.05) is 0 Å². The van der Waals surface area contributed by atoms with Crippen LogP contribution in [-0.2, 0) is 0 Å². The van der Waals surface area contributed by atoms with Crippen molar-refractivity contribution >= 4 is 11.7 Å². The highest BCUT2D eigenvalue weighted by Gasteiger charge is 2.24. The summed E-state index contributed by atoms with van der Waals surface area (Å²) in [5.41, 5.74) is 0.503. The first-order valence-corrected chi connectivity index (χ1v) is 5.31. The van der Waals surface area contributed by atoms with Crippen molar-refractivity contribution in [2.75, 3.05) is 19.4 Å². The van der Waals surface area contributed by atoms with E-state index >= 15 is 0 Å². The fraction of sp³-hybridized carbons (Fsp3) is 0.455. The monoisotopic (exact) mass is 221 g/mol. The fourth-order valence-corrected chi connectivity index (χ4v) is 1.40. The van der Waals surface area contributed by atoms with Gasteiger partial charge < -0.3 is 15.4 Å². The van der Waals surface area contributed by atoms with E-state index in [-0.39, 0.29) is 5.91 Å². The number of amides is 1. The third-order valence-electron chi connectivity index (χ3n) is 2.40. The zero-order valence-corrected chi connectivity index (χ0v) is 9.41. The van der Waals surface area contributed by atoms with E-state index in [0.717, 1.165) is 12.8 Å². The number of anilines is 1. The van der Waals surface area contributed by atoms with Crippen LogP contribution in [0.25, 0.3) is 0 Å². The molecule has 1 aliphatic carbocycles. The highest BCUT2D eigenvalue weighted by Crippen LogP contribution is 2.28. The van der Waals surface area contributed by atoms with Crippen molar-refractivity contribution in [2.24, 2.45) is 0 Å². The highest BCUT2D eigenvalue weighted by atomic mass is 16.5. The van der Waals surface area contributed by atoms with Crippen LogP contribution in [0.1, 0.15) is 23.2 Å². The lowest BCUT2D eigenvalue weighted by atomic mass is 10.2. The molecule has 0 atom stereocenters. The average molecular weight is 221 g/mol. The molecule has 0 saturated heterocycles. The van der Waals surface area contributed by atoms with Crippen molar-refractivity contribution in [3.8, 4) is 5.75 Å². The van der Waals surface area contributed by atoms with Crippen LogP contribution in [0.5, 0.6) is 5.75 Å². The molecule has 1 fully saturated rings. The van der Waals surface area contributed by atoms with E-state index in [1.54, 1.807) is 26.4 Å². The van der Waals surface area contributed by atoms with Gasteiger partial charge in [-0.05, 0) is 18.9 Å². The molecule has 1 aromatic rings. The molecule has 5 nitrogen and oxygen atoms in total. The molecule has 1 amide bonds. The highest BCUT2D eigenvalue weighted by molar-refractivity contribution is 5.98. The molecule has 0 spiro atoms. The number of aromatic nitrogens is 1. The molecule has 1 heterocycles. The molecule has 16 heavy (non-hydrogen) atoms. The third-order valence-corrected chi connectivity index (χ3v) is 2.40. The fourth-order valence-electron chi connectivity index (χ4n) is 1.40. The summed E-state index contributed by atoms with van der Waals surface area (Å²) in [6.07, 6.45) is 4.11. The molecule has 0 aromatic carbocycles. The maximum atomic E-state index is 11.6. The minimum atomic E-state index is -0.168. The van der Waals surface area contributed by atoms with E-state index in [1.165, 1.54) is 0 Å². The molecule has 1 saturated carbocycles. The Morgan fingerprint density at radius 1 is 1.50 bits per heavy atom. The van der Waals surface area contributed by atoms with Crippen LogP contribution >= 0.6 is 0 Å². The van der Waals surface area contributed by atoms with Gasteiger partial charge in [0.1, 0.15) is 11.6 Å². The molecule has 0 aliphatic heterocycles. The number of hydrogen-bond acceptors (Lipinski definition) is 4. The second kappa shape index (κ2) is 4.38. The number of carbonyl (C=O) groups is 1. The van der Waals surface area contributed by atoms with Crippen molar-refractivity contribution < 1.29 is 9.53 Å². The molecule has 86 valence electrons. The van der Waals surface area contributed by atoms with Crippen LogP contribution in [0.4, 0.5) is 5.82 Å². The van der Waals surface area contributed by atoms with Gasteiger partial charge in [0, 0.05) is 14.1 Å². The number of rotatable bonds is 4. The van der Waals surface area contributed by atoms with E-state index < -0.39 is 0 Å². The van der Waals surface area contributed by atoms with E-state index in [4.69, 9.17) is 4.74 Å². The minimum absolute atomic E-state index is 0.168. The second-order valence-electron chi connectivity index (χ2n) is 3.71. The molecule has 2 N–H and O–H groups in total. The molecular formula is C11H15N3O2. The van der Waals surface area contributed by atoms with Crippen LogP contribution in [-0.4, -0.2) is 31.1 Å². The Morgan fingerprint density at radius 3 is 2.81 bits per heavy atom. The number of pyridine rings is 1. The molecule has 0 unspecified atom stereocenters. The van der Waals surface area contributed by atoms with Crippen molar-refractivity contribution in [1.29, 1.82) is 0 Å². The number of hydrogen-bond donors (Lipinski definition) is 2. The third kappa shape index (κ3) is 2.24. The Bertz CT molecular complexity index is 402. The Hall–Kier alpha value is -1.78. The van der Waals surface area contributed by atoms with Gasteiger partial charge in [-0.2, -0.15) is 0 Å². The molecule has 2 rings (SSSR count). The van der Waals surface area contributed by atoms with Crippen LogP contribution in [0.2, 0.25) is 0 Å². The quantitative estimate of drug-likeness (QED) is 0.797. The van der Waals surface area contributed by atoms with Gasteiger partial charge in [-0.3, -0.25) is 4.79 Å². The Labute approximate surface area is 94.2 Å². The first-order valence-electron chi connectivity index (χ1n) is 5.31. The van der Waals surface area contributed by atoms with Crippen LogP contribution in [0, 0.1) is 0 Å². The summed E-state index contributed by atoms with van der Waals surface area (Å²) in [6, 6.07) is 1.72. The average Bonchev–Trinajstić information content (AvgIpc) is 3.12. The lowest BCUT2D eigenvalue weighted by Gasteiger charge is -2.09. The van der Waals surface area contributed by atoms with E-state index in [0.29, 0.717) is 23.2 Å². The molecule has 0 radical (unpaired) electrons. The Balaban J connectivity index is 2.25. The second-order valence-corrected chi connectivity index (χ2v) is 3.71. The number of carbonyl (C=O) groups excluding carboxylic acids is 1. The maximum Gasteiger partial charge on any atom is 0.254 e. The Kier molecular flexibility index (Phi) is 2.94. The summed E-state index contributed by atoms with van der Waals surface area (Å²) < 4.78 is 5.59. The zero-order valence-electron chi connectivity index (χ0n) is 9.41. The molecular weight excluding hydrogens is 206 g/mol. The first kappa shape index (κ1) is 10.7. The van der Waals surface area contributed by atoms with Gasteiger partial charge in [0.25, 0.3) is 5.91 Å². The van der Waals surface area contributed by atoms with Crippen LogP contribution < -0.4 is 15.4 Å². The van der Waals surface area contributed by atoms with Gasteiger partial charge in [-0.1, -0.05) is 0 Å². The van der Waals surface area contributed by atoms with Gasteiger partial charge in [0.05, 0.1) is 17.9 Å². The standard InChI is InChI=1S/C11H15N3O2/c1-12-10-9(11(15)13-2)5-8(6-14-10)16-7-3-4-7/h5-7H,3-4H2,1-2H3,(H,12,14)(H,13,15). The van der Waals surface area contributed by atoms with Gasteiger partial charge >= 0.3 is 0 Å². The summed E-state index contributed by atoms with van der Waals surface area (Å²) in [5, 5.41) is 5.46. The zero-order chi connectivity index (χ0) is 11.5. The van der Waals surface area contributed by atoms with Crippen LogP contribution in [0.3, 0.4) is 0 Å². The number of ether oxygens (including phenoxy) is 1. The minimum Gasteiger partial charge on any atom is -0.489 e. The topological polar surface area (TPSA) is 63.2 Å². The summed E-state index contributed by atoms with van der Waals surface area (Å²) in [5.74, 6) is 1.04. The summed E-state index contributed by atoms with van der Waals surface area (Å²) in [6.45, 7) is 0. The van der Waals surface area contributed by atoms with E-state index in [2.05, 4.69) is 15.6 Å². The predicted octanol–water partition coefficient (Wildman–Crippen LogP) is 1.02. The molecule has 1 aromatic heterocycles. The molecule has 5 heteroatoms. The van der Waals surface area contributed by atoms with E-state index in [9.17, 15) is 4.79 Å². The van der Waals surface area contributed by atoms with Gasteiger partial charge in [0.2, 0.25) is 0 Å². The lowest BCUT2D eigenvalue weighted by Crippen LogP contribution is -2.20. The summed E-state index contributed by atoms with van der Waals surface area (Å²) >= 11 is 0. The Morgan fingerprint density at radius 2 is 2.25 bits per heavy atom. The van der Waals surface area contributed by atoms with Gasteiger partial charge in [-0.15, -0.1) is 0 Å². The van der Waals surface area contributed by atoms with Crippen LogP contribution in [0.15, 0.2) is 12.3 Å². The van der Waals surface area contributed by atoms with Crippen molar-refractivity contribution in [3.05, 3.63) is 17.8 Å². The first-order chi connectivity index (χ1) is 7.74. The SMILES string of the molecule is CNC(=O)c1cc(OC2CC2)cnc1NC. The summed E-state index contributed by atoms with van der Waals surface area (Å²) in [4.78, 5) is 15.8. The van der Waals surface area contributed by atoms with Gasteiger partial charge in [0.15, 0.2) is 0 Å². The van der Waals surface area contributed by atoms with Crippen molar-refractivity contribution in [1.82, 2.24) is 10.3 Å². The largest absolute Gasteiger partial charge is 0.489 e. The number of nitrogens with one attached hydrogen (secondary N) is 2. The van der Waals surface area contributed by atoms with Crippen molar-refractivity contribution in [3.63, 3.8) is 0 Å². The van der Waals surface area contributed by atoms with Crippen molar-refractivity contribution in [2.45, 2.75) is 18.9 Å². The predicted molar refractivity (Wildman–Crippen MR) is 60.8 cm³/mol. The summed E-state index contributed by atoms with van der Waals surface area (Å²) in [7, 11) is 3.33. The number of nitrogens with zero attached hydrogens (tertiary/aromatic N) is 1. The lowest BCUT2D eigenvalue weighted by molar-refractivity contribution is 0.0963. The smallest absolute Gasteiger partial charge is 0.254 e. The van der Waals surface area contributed by atoms with Gasteiger partial charge in [-0.25, -0.2) is 4.98 Å². The maximum absolute atomic E-state index is 11.6.